The first-order valence-electron chi connectivity index (χ1n) is 10.4. The number of hydrogen-bond acceptors (Lipinski definition) is 2. The zero-order valence-corrected chi connectivity index (χ0v) is 18.1. The molecule has 1 radical (unpaired) electrons. The zero-order valence-electron chi connectivity index (χ0n) is 18.1. The number of hydrogen-bond donors (Lipinski definition) is 1. The van der Waals surface area contributed by atoms with Crippen LogP contribution in [0.5, 0.6) is 0 Å². The number of carbonyl (C=O) groups is 1. The Labute approximate surface area is 173 Å². The molecule has 4 rings (SSSR count). The molecule has 1 aromatic carbocycles. The first-order valence-corrected chi connectivity index (χ1v) is 10.4. The molecule has 0 spiro atoms. The van der Waals surface area contributed by atoms with Crippen molar-refractivity contribution in [2.75, 3.05) is 0 Å². The van der Waals surface area contributed by atoms with Crippen molar-refractivity contribution >= 4 is 19.1 Å². The Morgan fingerprint density at radius 3 is 2.31 bits per heavy atom. The lowest BCUT2D eigenvalue weighted by molar-refractivity contribution is 0.0697. The van der Waals surface area contributed by atoms with E-state index < -0.39 is 5.97 Å². The van der Waals surface area contributed by atoms with E-state index in [0.29, 0.717) is 11.6 Å². The molecule has 1 N–H and O–H groups in total. The van der Waals surface area contributed by atoms with Crippen LogP contribution in [0.4, 0.5) is 0 Å². The molecule has 5 heteroatoms. The van der Waals surface area contributed by atoms with Crippen molar-refractivity contribution in [1.82, 2.24) is 9.29 Å². The van der Waals surface area contributed by atoms with Gasteiger partial charge in [-0.15, -0.1) is 0 Å². The SMILES string of the molecule is CCC1=C(C)C2=C(c3ccc(C(=O)O)cc3)c3c(C)c(CC)c(C)n3[B]N2C1C. The Morgan fingerprint density at radius 2 is 1.76 bits per heavy atom. The largest absolute Gasteiger partial charge is 0.478 e. The molecule has 3 heterocycles. The van der Waals surface area contributed by atoms with Crippen LogP contribution >= 0.6 is 0 Å². The van der Waals surface area contributed by atoms with E-state index in [2.05, 4.69) is 58.4 Å². The average molecular weight is 387 g/mol. The number of benzene rings is 1. The lowest BCUT2D eigenvalue weighted by Gasteiger charge is -2.35. The van der Waals surface area contributed by atoms with Gasteiger partial charge in [0.15, 0.2) is 0 Å². The Kier molecular flexibility index (Phi) is 4.72. The van der Waals surface area contributed by atoms with Gasteiger partial charge in [-0.05, 0) is 80.5 Å². The number of fused-ring (bicyclic) bond motifs is 2. The highest BCUT2D eigenvalue weighted by atomic mass is 16.4. The van der Waals surface area contributed by atoms with Gasteiger partial charge >= 0.3 is 13.5 Å². The van der Waals surface area contributed by atoms with Gasteiger partial charge in [0.25, 0.3) is 0 Å². The molecule has 1 aromatic heterocycles. The molecule has 2 aromatic rings. The van der Waals surface area contributed by atoms with Gasteiger partial charge in [0, 0.05) is 28.7 Å². The van der Waals surface area contributed by atoms with E-state index in [1.54, 1.807) is 12.1 Å². The first kappa shape index (κ1) is 19.6. The van der Waals surface area contributed by atoms with Gasteiger partial charge < -0.3 is 14.4 Å². The van der Waals surface area contributed by atoms with Crippen LogP contribution in [0.15, 0.2) is 41.1 Å². The Hall–Kier alpha value is -2.69. The minimum absolute atomic E-state index is 0.317. The van der Waals surface area contributed by atoms with E-state index in [-0.39, 0.29) is 0 Å². The van der Waals surface area contributed by atoms with E-state index in [1.165, 1.54) is 44.9 Å². The van der Waals surface area contributed by atoms with Gasteiger partial charge in [-0.2, -0.15) is 0 Å². The van der Waals surface area contributed by atoms with Crippen molar-refractivity contribution < 1.29 is 9.90 Å². The predicted molar refractivity (Wildman–Crippen MR) is 118 cm³/mol. The predicted octanol–water partition coefficient (Wildman–Crippen LogP) is 4.95. The van der Waals surface area contributed by atoms with E-state index in [0.717, 1.165) is 18.4 Å². The molecule has 4 nitrogen and oxygen atoms in total. The normalized spacial score (nSPS) is 18.1. The number of nitrogens with zero attached hydrogens (tertiary/aromatic N) is 2. The van der Waals surface area contributed by atoms with Gasteiger partial charge in [-0.1, -0.05) is 26.0 Å². The molecule has 0 amide bonds. The maximum Gasteiger partial charge on any atom is 0.396 e. The number of aromatic nitrogens is 1. The van der Waals surface area contributed by atoms with Gasteiger partial charge in [0.2, 0.25) is 0 Å². The Morgan fingerprint density at radius 1 is 1.10 bits per heavy atom. The fourth-order valence-electron chi connectivity index (χ4n) is 5.23. The van der Waals surface area contributed by atoms with Gasteiger partial charge in [-0.25, -0.2) is 4.79 Å². The fourth-order valence-corrected chi connectivity index (χ4v) is 5.23. The zero-order chi connectivity index (χ0) is 21.0. The first-order chi connectivity index (χ1) is 13.8. The second-order valence-electron chi connectivity index (χ2n) is 8.07. The quantitative estimate of drug-likeness (QED) is 0.755. The van der Waals surface area contributed by atoms with Crippen LogP contribution in [-0.2, 0) is 6.42 Å². The second-order valence-corrected chi connectivity index (χ2v) is 8.07. The third-order valence-electron chi connectivity index (χ3n) is 6.73. The van der Waals surface area contributed by atoms with Crippen molar-refractivity contribution in [3.05, 3.63) is 74.8 Å². The molecule has 0 fully saturated rings. The molecule has 0 aliphatic carbocycles. The monoisotopic (exact) mass is 387 g/mol. The Bertz CT molecular complexity index is 1070. The lowest BCUT2D eigenvalue weighted by Crippen LogP contribution is -2.40. The summed E-state index contributed by atoms with van der Waals surface area (Å²) in [6.07, 6.45) is 2.02. The highest BCUT2D eigenvalue weighted by Crippen LogP contribution is 2.45. The third-order valence-corrected chi connectivity index (χ3v) is 6.73. The molecule has 29 heavy (non-hydrogen) atoms. The van der Waals surface area contributed by atoms with Crippen molar-refractivity contribution in [2.45, 2.75) is 60.4 Å². The number of rotatable bonds is 4. The maximum absolute atomic E-state index is 11.4. The minimum atomic E-state index is -0.893. The summed E-state index contributed by atoms with van der Waals surface area (Å²) in [6.45, 7) is 13.3. The van der Waals surface area contributed by atoms with Crippen LogP contribution in [0, 0.1) is 13.8 Å². The Balaban J connectivity index is 2.04. The topological polar surface area (TPSA) is 45.5 Å². The van der Waals surface area contributed by atoms with Gasteiger partial charge in [0.1, 0.15) is 0 Å². The van der Waals surface area contributed by atoms with Crippen molar-refractivity contribution in [3.63, 3.8) is 0 Å². The molecule has 1 unspecified atom stereocenters. The summed E-state index contributed by atoms with van der Waals surface area (Å²) in [5.74, 6) is -0.893. The number of aromatic carboxylic acids is 1. The standard InChI is InChI=1S/C24H28BN2O2/c1-7-19-13(3)22-21(17-9-11-18(12-10-17)24(28)29)23-14(4)20(8-2)16(6)27(23)25-26(22)15(19)5/h9-12,15H,7-8H2,1-6H3,(H,28,29). The van der Waals surface area contributed by atoms with E-state index in [9.17, 15) is 9.90 Å². The van der Waals surface area contributed by atoms with E-state index in [1.807, 2.05) is 12.1 Å². The van der Waals surface area contributed by atoms with Crippen LogP contribution in [-0.4, -0.2) is 34.0 Å². The van der Waals surface area contributed by atoms with Crippen LogP contribution in [0.3, 0.4) is 0 Å². The number of carboxylic acid groups (broad SMARTS) is 1. The molecular formula is C24H28BN2O2. The van der Waals surface area contributed by atoms with Crippen molar-refractivity contribution in [3.8, 4) is 0 Å². The molecule has 0 saturated heterocycles. The third kappa shape index (κ3) is 2.71. The lowest BCUT2D eigenvalue weighted by atomic mass is 9.88. The molecule has 0 saturated carbocycles. The van der Waals surface area contributed by atoms with Crippen LogP contribution in [0.2, 0.25) is 0 Å². The number of allylic oxidation sites excluding steroid dienone is 1. The smallest absolute Gasteiger partial charge is 0.396 e. The summed E-state index contributed by atoms with van der Waals surface area (Å²) in [5.41, 5.74) is 11.9. The molecule has 2 aliphatic rings. The fraction of sp³-hybridized carbons (Fsp3) is 0.375. The van der Waals surface area contributed by atoms with Crippen LogP contribution < -0.4 is 0 Å². The van der Waals surface area contributed by atoms with Crippen LogP contribution in [0.1, 0.15) is 72.6 Å². The minimum Gasteiger partial charge on any atom is -0.478 e. The summed E-state index contributed by atoms with van der Waals surface area (Å²) < 4.78 is 2.33. The van der Waals surface area contributed by atoms with E-state index >= 15 is 0 Å². The molecule has 149 valence electrons. The second kappa shape index (κ2) is 6.98. The molecule has 1 atom stereocenters. The highest BCUT2D eigenvalue weighted by molar-refractivity contribution is 6.34. The highest BCUT2D eigenvalue weighted by Gasteiger charge is 2.39. The number of carboxylic acids is 1. The summed E-state index contributed by atoms with van der Waals surface area (Å²) in [5, 5.41) is 9.32. The van der Waals surface area contributed by atoms with Gasteiger partial charge in [-0.3, -0.25) is 0 Å². The summed E-state index contributed by atoms with van der Waals surface area (Å²) in [4.78, 5) is 13.7. The van der Waals surface area contributed by atoms with Crippen molar-refractivity contribution in [2.24, 2.45) is 0 Å². The molecule has 2 aliphatic heterocycles. The van der Waals surface area contributed by atoms with Crippen LogP contribution in [0.25, 0.3) is 5.57 Å². The van der Waals surface area contributed by atoms with Gasteiger partial charge in [0.05, 0.1) is 5.56 Å². The summed E-state index contributed by atoms with van der Waals surface area (Å²) in [6, 6.07) is 7.65. The van der Waals surface area contributed by atoms with E-state index in [4.69, 9.17) is 0 Å². The summed E-state index contributed by atoms with van der Waals surface area (Å²) in [7, 11) is 2.26. The maximum atomic E-state index is 11.4. The molecular weight excluding hydrogens is 359 g/mol. The average Bonchev–Trinajstić information content (AvgIpc) is 3.10. The van der Waals surface area contributed by atoms with Crippen molar-refractivity contribution in [1.29, 1.82) is 0 Å². The molecule has 0 bridgehead atoms. The summed E-state index contributed by atoms with van der Waals surface area (Å²) >= 11 is 0.